The van der Waals surface area contributed by atoms with Gasteiger partial charge in [0.2, 0.25) is 0 Å². The average Bonchev–Trinajstić information content (AvgIpc) is 2.24. The minimum atomic E-state index is -0.847. The summed E-state index contributed by atoms with van der Waals surface area (Å²) >= 11 is 0. The van der Waals surface area contributed by atoms with Crippen LogP contribution in [0, 0.1) is 0 Å². The lowest BCUT2D eigenvalue weighted by atomic mass is 10.4. The van der Waals surface area contributed by atoms with Gasteiger partial charge in [0.15, 0.2) is 5.82 Å². The Hall–Kier alpha value is -1.21. The van der Waals surface area contributed by atoms with Crippen molar-refractivity contribution in [2.45, 2.75) is 26.5 Å². The molecule has 0 amide bonds. The standard InChI is InChI=1S/C11H20N4O2S/c1-4-17-6-11-14-9(12)5-10(15-11)13-8(2)7-18(3)16/h5,8H,4,6-7H2,1-3H3,(H3,12,13,14,15). The minimum absolute atomic E-state index is 0.0603. The third-order valence-electron chi connectivity index (χ3n) is 2.11. The maximum Gasteiger partial charge on any atom is 0.158 e. The highest BCUT2D eigenvalue weighted by Gasteiger charge is 2.08. The number of hydrogen-bond acceptors (Lipinski definition) is 6. The molecule has 0 fully saturated rings. The normalized spacial score (nSPS) is 14.2. The molecule has 18 heavy (non-hydrogen) atoms. The number of anilines is 2. The molecule has 1 rings (SSSR count). The first kappa shape index (κ1) is 14.8. The lowest BCUT2D eigenvalue weighted by Crippen LogP contribution is -2.23. The smallest absolute Gasteiger partial charge is 0.158 e. The Bertz CT molecular complexity index is 414. The van der Waals surface area contributed by atoms with Gasteiger partial charge in [-0.2, -0.15) is 0 Å². The predicted molar refractivity (Wildman–Crippen MR) is 73.8 cm³/mol. The van der Waals surface area contributed by atoms with Gasteiger partial charge in [-0.05, 0) is 13.8 Å². The van der Waals surface area contributed by atoms with Crippen LogP contribution in [0.1, 0.15) is 19.7 Å². The Morgan fingerprint density at radius 1 is 1.56 bits per heavy atom. The van der Waals surface area contributed by atoms with Gasteiger partial charge in [0.1, 0.15) is 18.2 Å². The monoisotopic (exact) mass is 272 g/mol. The number of nitrogens with two attached hydrogens (primary N) is 1. The molecule has 0 radical (unpaired) electrons. The minimum Gasteiger partial charge on any atom is -0.384 e. The average molecular weight is 272 g/mol. The molecular formula is C11H20N4O2S. The molecule has 0 aliphatic carbocycles. The number of rotatable bonds is 7. The van der Waals surface area contributed by atoms with Crippen molar-refractivity contribution in [1.82, 2.24) is 9.97 Å². The summed E-state index contributed by atoms with van der Waals surface area (Å²) in [5.41, 5.74) is 5.70. The van der Waals surface area contributed by atoms with Crippen LogP contribution in [0.3, 0.4) is 0 Å². The molecule has 2 unspecified atom stereocenters. The van der Waals surface area contributed by atoms with Crippen molar-refractivity contribution >= 4 is 22.4 Å². The zero-order valence-electron chi connectivity index (χ0n) is 11.0. The van der Waals surface area contributed by atoms with E-state index in [-0.39, 0.29) is 6.04 Å². The van der Waals surface area contributed by atoms with Crippen molar-refractivity contribution in [3.05, 3.63) is 11.9 Å². The molecule has 2 atom stereocenters. The number of nitrogen functional groups attached to an aromatic ring is 1. The Labute approximate surface area is 110 Å². The largest absolute Gasteiger partial charge is 0.384 e. The predicted octanol–water partition coefficient (Wildman–Crippen LogP) is 0.774. The lowest BCUT2D eigenvalue weighted by Gasteiger charge is -2.14. The van der Waals surface area contributed by atoms with E-state index in [1.54, 1.807) is 12.3 Å². The fourth-order valence-corrected chi connectivity index (χ4v) is 2.28. The van der Waals surface area contributed by atoms with Crippen molar-refractivity contribution < 1.29 is 8.95 Å². The Morgan fingerprint density at radius 3 is 2.89 bits per heavy atom. The fraction of sp³-hybridized carbons (Fsp3) is 0.636. The van der Waals surface area contributed by atoms with Gasteiger partial charge in [0, 0.05) is 41.5 Å². The first-order chi connectivity index (χ1) is 8.51. The van der Waals surface area contributed by atoms with Crippen molar-refractivity contribution in [3.8, 4) is 0 Å². The molecular weight excluding hydrogens is 252 g/mol. The molecule has 0 saturated carbocycles. The van der Waals surface area contributed by atoms with Crippen LogP contribution < -0.4 is 11.1 Å². The summed E-state index contributed by atoms with van der Waals surface area (Å²) in [6, 6.07) is 1.72. The Kier molecular flexibility index (Phi) is 6.00. The van der Waals surface area contributed by atoms with E-state index in [4.69, 9.17) is 10.5 Å². The van der Waals surface area contributed by atoms with Crippen molar-refractivity contribution in [1.29, 1.82) is 0 Å². The Balaban J connectivity index is 2.69. The van der Waals surface area contributed by atoms with Crippen LogP contribution in [0.15, 0.2) is 6.07 Å². The lowest BCUT2D eigenvalue weighted by molar-refractivity contribution is 0.128. The quantitative estimate of drug-likeness (QED) is 0.762. The molecule has 1 aromatic rings. The highest BCUT2D eigenvalue weighted by molar-refractivity contribution is 7.84. The second kappa shape index (κ2) is 7.27. The highest BCUT2D eigenvalue weighted by Crippen LogP contribution is 2.10. The molecule has 0 bridgehead atoms. The second-order valence-corrected chi connectivity index (χ2v) is 5.50. The van der Waals surface area contributed by atoms with Crippen LogP contribution in [-0.2, 0) is 22.1 Å². The van der Waals surface area contributed by atoms with Crippen molar-refractivity contribution in [2.24, 2.45) is 0 Å². The van der Waals surface area contributed by atoms with E-state index in [1.165, 1.54) is 0 Å². The van der Waals surface area contributed by atoms with Gasteiger partial charge in [-0.25, -0.2) is 9.97 Å². The van der Waals surface area contributed by atoms with Crippen LogP contribution in [0.4, 0.5) is 11.6 Å². The number of aromatic nitrogens is 2. The molecule has 3 N–H and O–H groups in total. The molecule has 1 heterocycles. The number of ether oxygens (including phenoxy) is 1. The molecule has 0 spiro atoms. The third kappa shape index (κ3) is 5.42. The molecule has 0 aromatic carbocycles. The number of nitrogens with zero attached hydrogens (tertiary/aromatic N) is 2. The summed E-state index contributed by atoms with van der Waals surface area (Å²) in [6.45, 7) is 4.79. The van der Waals surface area contributed by atoms with E-state index in [1.807, 2.05) is 13.8 Å². The van der Waals surface area contributed by atoms with E-state index in [0.29, 0.717) is 36.4 Å². The molecule has 0 saturated heterocycles. The SMILES string of the molecule is CCOCc1nc(N)cc(NC(C)CS(C)=O)n1. The summed E-state index contributed by atoms with van der Waals surface area (Å²) in [5, 5.41) is 3.15. The zero-order chi connectivity index (χ0) is 13.5. The molecule has 0 aliphatic rings. The maximum atomic E-state index is 11.1. The van der Waals surface area contributed by atoms with E-state index < -0.39 is 10.8 Å². The summed E-state index contributed by atoms with van der Waals surface area (Å²) in [4.78, 5) is 8.37. The molecule has 0 aliphatic heterocycles. The van der Waals surface area contributed by atoms with Crippen molar-refractivity contribution in [2.75, 3.05) is 29.7 Å². The van der Waals surface area contributed by atoms with Gasteiger partial charge >= 0.3 is 0 Å². The van der Waals surface area contributed by atoms with E-state index in [9.17, 15) is 4.21 Å². The summed E-state index contributed by atoms with van der Waals surface area (Å²) in [6.07, 6.45) is 1.67. The van der Waals surface area contributed by atoms with Crippen LogP contribution in [0.25, 0.3) is 0 Å². The molecule has 7 heteroatoms. The van der Waals surface area contributed by atoms with Crippen LogP contribution in [0.2, 0.25) is 0 Å². The summed E-state index contributed by atoms with van der Waals surface area (Å²) in [5.74, 6) is 2.14. The number of nitrogens with one attached hydrogen (secondary N) is 1. The van der Waals surface area contributed by atoms with Gasteiger partial charge in [0.05, 0.1) is 0 Å². The van der Waals surface area contributed by atoms with E-state index in [0.717, 1.165) is 0 Å². The molecule has 1 aromatic heterocycles. The highest BCUT2D eigenvalue weighted by atomic mass is 32.2. The Morgan fingerprint density at radius 2 is 2.28 bits per heavy atom. The maximum absolute atomic E-state index is 11.1. The van der Waals surface area contributed by atoms with Gasteiger partial charge < -0.3 is 15.8 Å². The molecule has 6 nitrogen and oxygen atoms in total. The zero-order valence-corrected chi connectivity index (χ0v) is 11.8. The number of hydrogen-bond donors (Lipinski definition) is 2. The first-order valence-corrected chi connectivity index (χ1v) is 7.51. The first-order valence-electron chi connectivity index (χ1n) is 5.79. The van der Waals surface area contributed by atoms with Crippen LogP contribution in [-0.4, -0.2) is 38.8 Å². The van der Waals surface area contributed by atoms with Crippen molar-refractivity contribution in [3.63, 3.8) is 0 Å². The summed E-state index contributed by atoms with van der Waals surface area (Å²) in [7, 11) is -0.847. The van der Waals surface area contributed by atoms with Gasteiger partial charge in [-0.15, -0.1) is 0 Å². The van der Waals surface area contributed by atoms with Gasteiger partial charge in [0.25, 0.3) is 0 Å². The summed E-state index contributed by atoms with van der Waals surface area (Å²) < 4.78 is 16.4. The second-order valence-electron chi connectivity index (χ2n) is 4.02. The van der Waals surface area contributed by atoms with E-state index in [2.05, 4.69) is 15.3 Å². The fourth-order valence-electron chi connectivity index (χ4n) is 1.50. The van der Waals surface area contributed by atoms with E-state index >= 15 is 0 Å². The van der Waals surface area contributed by atoms with Crippen LogP contribution >= 0.6 is 0 Å². The van der Waals surface area contributed by atoms with Gasteiger partial charge in [-0.3, -0.25) is 4.21 Å². The molecule has 102 valence electrons. The third-order valence-corrected chi connectivity index (χ3v) is 3.08. The van der Waals surface area contributed by atoms with Crippen LogP contribution in [0.5, 0.6) is 0 Å². The van der Waals surface area contributed by atoms with Gasteiger partial charge in [-0.1, -0.05) is 0 Å². The topological polar surface area (TPSA) is 90.1 Å².